The summed E-state index contributed by atoms with van der Waals surface area (Å²) in [7, 11) is 0. The lowest BCUT2D eigenvalue weighted by atomic mass is 10.0. The standard InChI is InChI=1S/C20H33ClN6O.HI/c1-4-22-19(24-15-20(2,3)27-10-12-28-13-11-27)25-16-7-9-26(14-16)18-17(21)6-5-8-23-18;/h5-6,8,16H,4,7,9-15H2,1-3H3,(H2,22,24,25);1H. The fraction of sp³-hybridized carbons (Fsp3) is 0.700. The van der Waals surface area contributed by atoms with E-state index in [1.165, 1.54) is 0 Å². The van der Waals surface area contributed by atoms with Gasteiger partial charge in [0.1, 0.15) is 5.82 Å². The predicted molar refractivity (Wildman–Crippen MR) is 131 cm³/mol. The van der Waals surface area contributed by atoms with Crippen LogP contribution in [0.15, 0.2) is 23.3 Å². The average molecular weight is 537 g/mol. The fourth-order valence-corrected chi connectivity index (χ4v) is 3.98. The number of nitrogens with zero attached hydrogens (tertiary/aromatic N) is 4. The lowest BCUT2D eigenvalue weighted by Gasteiger charge is -2.40. The van der Waals surface area contributed by atoms with Crippen molar-refractivity contribution in [2.75, 3.05) is 57.4 Å². The van der Waals surface area contributed by atoms with Gasteiger partial charge in [0.2, 0.25) is 0 Å². The van der Waals surface area contributed by atoms with E-state index in [4.69, 9.17) is 21.3 Å². The number of anilines is 1. The molecule has 2 aliphatic heterocycles. The zero-order valence-corrected chi connectivity index (χ0v) is 20.7. The second-order valence-electron chi connectivity index (χ2n) is 7.99. The summed E-state index contributed by atoms with van der Waals surface area (Å²) >= 11 is 6.31. The van der Waals surface area contributed by atoms with Crippen molar-refractivity contribution in [1.82, 2.24) is 20.5 Å². The van der Waals surface area contributed by atoms with E-state index in [-0.39, 0.29) is 29.5 Å². The first kappa shape index (κ1) is 24.4. The van der Waals surface area contributed by atoms with E-state index in [2.05, 4.69) is 46.2 Å². The van der Waals surface area contributed by atoms with Crippen LogP contribution in [0.3, 0.4) is 0 Å². The highest BCUT2D eigenvalue weighted by molar-refractivity contribution is 14.0. The van der Waals surface area contributed by atoms with E-state index < -0.39 is 0 Å². The summed E-state index contributed by atoms with van der Waals surface area (Å²) in [6.45, 7) is 13.5. The highest BCUT2D eigenvalue weighted by atomic mass is 127. The SMILES string of the molecule is CCNC(=NCC(C)(C)N1CCOCC1)NC1CCN(c2ncccc2Cl)C1.I. The number of nitrogens with one attached hydrogen (secondary N) is 2. The molecule has 0 amide bonds. The molecule has 29 heavy (non-hydrogen) atoms. The van der Waals surface area contributed by atoms with Crippen LogP contribution in [0.2, 0.25) is 5.02 Å². The van der Waals surface area contributed by atoms with Crippen LogP contribution < -0.4 is 15.5 Å². The van der Waals surface area contributed by atoms with Gasteiger partial charge >= 0.3 is 0 Å². The van der Waals surface area contributed by atoms with Crippen molar-refractivity contribution in [3.63, 3.8) is 0 Å². The first-order valence-electron chi connectivity index (χ1n) is 10.2. The summed E-state index contributed by atoms with van der Waals surface area (Å²) in [6, 6.07) is 4.08. The van der Waals surface area contributed by atoms with Crippen LogP contribution in [-0.2, 0) is 4.74 Å². The monoisotopic (exact) mass is 536 g/mol. The van der Waals surface area contributed by atoms with Gasteiger partial charge in [0.15, 0.2) is 5.96 Å². The first-order chi connectivity index (χ1) is 13.5. The van der Waals surface area contributed by atoms with Crippen molar-refractivity contribution < 1.29 is 4.74 Å². The third-order valence-electron chi connectivity index (χ3n) is 5.40. The number of aliphatic imine (C=N–C) groups is 1. The molecule has 3 rings (SSSR count). The van der Waals surface area contributed by atoms with Gasteiger partial charge < -0.3 is 20.3 Å². The van der Waals surface area contributed by atoms with E-state index in [9.17, 15) is 0 Å². The number of pyridine rings is 1. The van der Waals surface area contributed by atoms with Crippen molar-refractivity contribution in [3.8, 4) is 0 Å². The van der Waals surface area contributed by atoms with Gasteiger partial charge in [-0.25, -0.2) is 4.98 Å². The molecular weight excluding hydrogens is 503 g/mol. The number of hydrogen-bond donors (Lipinski definition) is 2. The average Bonchev–Trinajstić information content (AvgIpc) is 3.16. The van der Waals surface area contributed by atoms with E-state index in [0.29, 0.717) is 11.1 Å². The Morgan fingerprint density at radius 2 is 2.10 bits per heavy atom. The minimum atomic E-state index is 0. The summed E-state index contributed by atoms with van der Waals surface area (Å²) < 4.78 is 5.48. The first-order valence-corrected chi connectivity index (χ1v) is 10.6. The summed E-state index contributed by atoms with van der Waals surface area (Å²) in [5, 5.41) is 7.69. The predicted octanol–water partition coefficient (Wildman–Crippen LogP) is 2.60. The van der Waals surface area contributed by atoms with Crippen LogP contribution in [0.25, 0.3) is 0 Å². The summed E-state index contributed by atoms with van der Waals surface area (Å²) in [6.07, 6.45) is 2.82. The van der Waals surface area contributed by atoms with Crippen molar-refractivity contribution in [2.45, 2.75) is 38.8 Å². The number of ether oxygens (including phenoxy) is 1. The number of halogens is 2. The summed E-state index contributed by atoms with van der Waals surface area (Å²) in [5.41, 5.74) is 0.00925. The molecule has 2 N–H and O–H groups in total. The Balaban J connectivity index is 0.00000300. The van der Waals surface area contributed by atoms with E-state index in [0.717, 1.165) is 70.7 Å². The quantitative estimate of drug-likeness (QED) is 0.331. The van der Waals surface area contributed by atoms with Crippen LogP contribution in [0.1, 0.15) is 27.2 Å². The third-order valence-corrected chi connectivity index (χ3v) is 5.70. The van der Waals surface area contributed by atoms with Gasteiger partial charge in [-0.2, -0.15) is 0 Å². The zero-order chi connectivity index (χ0) is 20.0. The summed E-state index contributed by atoms with van der Waals surface area (Å²) in [5.74, 6) is 1.74. The van der Waals surface area contributed by atoms with E-state index in [1.54, 1.807) is 6.20 Å². The maximum absolute atomic E-state index is 6.31. The van der Waals surface area contributed by atoms with E-state index in [1.807, 2.05) is 12.1 Å². The molecule has 0 spiro atoms. The second kappa shape index (κ2) is 11.5. The van der Waals surface area contributed by atoms with Gasteiger partial charge in [0.05, 0.1) is 24.8 Å². The molecule has 0 aliphatic carbocycles. The molecule has 2 fully saturated rings. The molecular formula is C20H34ClIN6O. The highest BCUT2D eigenvalue weighted by Gasteiger charge is 2.29. The number of rotatable bonds is 6. The minimum absolute atomic E-state index is 0. The molecule has 7 nitrogen and oxygen atoms in total. The minimum Gasteiger partial charge on any atom is -0.379 e. The van der Waals surface area contributed by atoms with Crippen LogP contribution in [-0.4, -0.2) is 79.9 Å². The number of aromatic nitrogens is 1. The molecule has 1 atom stereocenters. The zero-order valence-electron chi connectivity index (χ0n) is 17.7. The molecule has 9 heteroatoms. The van der Waals surface area contributed by atoms with Crippen molar-refractivity contribution in [2.24, 2.45) is 4.99 Å². The van der Waals surface area contributed by atoms with Gasteiger partial charge in [-0.3, -0.25) is 9.89 Å². The van der Waals surface area contributed by atoms with Crippen molar-refractivity contribution in [1.29, 1.82) is 0 Å². The summed E-state index contributed by atoms with van der Waals surface area (Å²) in [4.78, 5) is 14.0. The maximum atomic E-state index is 6.31. The van der Waals surface area contributed by atoms with Gasteiger partial charge in [-0.05, 0) is 39.3 Å². The van der Waals surface area contributed by atoms with Gasteiger partial charge in [-0.15, -0.1) is 24.0 Å². The molecule has 1 unspecified atom stereocenters. The second-order valence-corrected chi connectivity index (χ2v) is 8.40. The lowest BCUT2D eigenvalue weighted by Crippen LogP contribution is -2.52. The van der Waals surface area contributed by atoms with Crippen LogP contribution in [0, 0.1) is 0 Å². The maximum Gasteiger partial charge on any atom is 0.191 e. The third kappa shape index (κ3) is 6.83. The Kier molecular flexibility index (Phi) is 9.71. The molecule has 2 saturated heterocycles. The fourth-order valence-electron chi connectivity index (χ4n) is 3.74. The van der Waals surface area contributed by atoms with Crippen molar-refractivity contribution >= 4 is 47.4 Å². The largest absolute Gasteiger partial charge is 0.379 e. The lowest BCUT2D eigenvalue weighted by molar-refractivity contribution is -0.00684. The van der Waals surface area contributed by atoms with Crippen LogP contribution in [0.5, 0.6) is 0 Å². The molecule has 1 aromatic heterocycles. The Morgan fingerprint density at radius 3 is 2.79 bits per heavy atom. The molecule has 0 bridgehead atoms. The number of morpholine rings is 1. The molecule has 0 aromatic carbocycles. The topological polar surface area (TPSA) is 65.0 Å². The van der Waals surface area contributed by atoms with Gasteiger partial charge in [0, 0.05) is 50.5 Å². The Bertz CT molecular complexity index is 668. The molecule has 2 aliphatic rings. The normalized spacial score (nSPS) is 21.0. The van der Waals surface area contributed by atoms with Crippen LogP contribution >= 0.6 is 35.6 Å². The van der Waals surface area contributed by atoms with Crippen molar-refractivity contribution in [3.05, 3.63) is 23.4 Å². The molecule has 3 heterocycles. The Labute approximate surface area is 196 Å². The molecule has 164 valence electrons. The van der Waals surface area contributed by atoms with Gasteiger partial charge in [-0.1, -0.05) is 11.6 Å². The Hall–Kier alpha value is -0.840. The highest BCUT2D eigenvalue weighted by Crippen LogP contribution is 2.25. The van der Waals surface area contributed by atoms with E-state index >= 15 is 0 Å². The smallest absolute Gasteiger partial charge is 0.191 e. The Morgan fingerprint density at radius 1 is 1.34 bits per heavy atom. The number of guanidine groups is 1. The number of hydrogen-bond acceptors (Lipinski definition) is 5. The van der Waals surface area contributed by atoms with Crippen LogP contribution in [0.4, 0.5) is 5.82 Å². The molecule has 0 saturated carbocycles. The van der Waals surface area contributed by atoms with Gasteiger partial charge in [0.25, 0.3) is 0 Å². The molecule has 0 radical (unpaired) electrons. The molecule has 1 aromatic rings.